The van der Waals surface area contributed by atoms with Crippen LogP contribution in [-0.4, -0.2) is 38.5 Å². The van der Waals surface area contributed by atoms with Crippen LogP contribution >= 0.6 is 11.3 Å². The lowest BCUT2D eigenvalue weighted by Gasteiger charge is -1.98. The largest absolute Gasteiger partial charge is 0.365 e. The van der Waals surface area contributed by atoms with E-state index >= 15 is 0 Å². The molecule has 0 aliphatic heterocycles. The summed E-state index contributed by atoms with van der Waals surface area (Å²) in [6.45, 7) is 3.78. The molecule has 0 atom stereocenters. The number of nitrogens with zero attached hydrogens (tertiary/aromatic N) is 4. The maximum Gasteiger partial charge on any atom is 0.294 e. The summed E-state index contributed by atoms with van der Waals surface area (Å²) in [5.74, 6) is -0.466. The van der Waals surface area contributed by atoms with Crippen molar-refractivity contribution in [3.8, 4) is 21.8 Å². The van der Waals surface area contributed by atoms with Gasteiger partial charge in [0.25, 0.3) is 16.0 Å². The number of pyridine rings is 2. The van der Waals surface area contributed by atoms with Crippen molar-refractivity contribution < 1.29 is 17.8 Å². The molecule has 0 unspecified atom stereocenters. The van der Waals surface area contributed by atoms with Crippen molar-refractivity contribution >= 4 is 32.9 Å². The molecule has 6 rings (SSSR count). The van der Waals surface area contributed by atoms with Gasteiger partial charge in [0.1, 0.15) is 9.88 Å². The van der Waals surface area contributed by atoms with Gasteiger partial charge in [-0.2, -0.15) is 13.5 Å². The maximum atomic E-state index is 11.9. The van der Waals surface area contributed by atoms with Gasteiger partial charge in [0.2, 0.25) is 0 Å². The highest BCUT2D eigenvalue weighted by atomic mass is 32.2. The van der Waals surface area contributed by atoms with E-state index in [1.165, 1.54) is 23.5 Å². The summed E-state index contributed by atoms with van der Waals surface area (Å²) >= 11 is 1.31. The van der Waals surface area contributed by atoms with Crippen molar-refractivity contribution in [3.05, 3.63) is 126 Å². The van der Waals surface area contributed by atoms with Crippen molar-refractivity contribution in [1.29, 1.82) is 0 Å². The molecule has 9 nitrogen and oxygen atoms in total. The number of aromatic nitrogens is 4. The first-order valence-electron chi connectivity index (χ1n) is 12.3. The topological polar surface area (TPSA) is 141 Å². The second-order valence-electron chi connectivity index (χ2n) is 8.73. The molecule has 4 heterocycles. The average molecular weight is 586 g/mol. The van der Waals surface area contributed by atoms with Gasteiger partial charge >= 0.3 is 0 Å². The monoisotopic (exact) mass is 585 g/mol. The second-order valence-corrected chi connectivity index (χ2v) is 11.2. The first-order valence-corrected chi connectivity index (χ1v) is 14.6. The zero-order valence-electron chi connectivity index (χ0n) is 22.2. The highest BCUT2D eigenvalue weighted by Gasteiger charge is 2.21. The van der Waals surface area contributed by atoms with E-state index in [-0.39, 0.29) is 4.90 Å². The van der Waals surface area contributed by atoms with Crippen LogP contribution in [0.4, 0.5) is 0 Å². The quantitative estimate of drug-likeness (QED) is 0.247. The van der Waals surface area contributed by atoms with Crippen LogP contribution in [0.25, 0.3) is 27.3 Å². The molecule has 0 radical (unpaired) electrons. The molecule has 6 aromatic rings. The molecule has 0 saturated carbocycles. The van der Waals surface area contributed by atoms with E-state index in [0.717, 1.165) is 32.9 Å². The van der Waals surface area contributed by atoms with Crippen molar-refractivity contribution in [3.63, 3.8) is 0 Å². The summed E-state index contributed by atoms with van der Waals surface area (Å²) in [6.07, 6.45) is 5.40. The molecule has 1 amide bonds. The Hall–Kier alpha value is -4.71. The van der Waals surface area contributed by atoms with Gasteiger partial charge in [-0.1, -0.05) is 60.2 Å². The normalized spacial score (nSPS) is 10.7. The van der Waals surface area contributed by atoms with Gasteiger partial charge in [-0.3, -0.25) is 14.3 Å². The van der Waals surface area contributed by atoms with E-state index in [4.69, 9.17) is 15.3 Å². The predicted octanol–water partition coefficient (Wildman–Crippen LogP) is 5.86. The molecule has 0 saturated heterocycles. The van der Waals surface area contributed by atoms with E-state index in [2.05, 4.69) is 10.1 Å². The van der Waals surface area contributed by atoms with Gasteiger partial charge in [0.05, 0.1) is 27.4 Å². The van der Waals surface area contributed by atoms with Gasteiger partial charge in [-0.25, -0.2) is 9.50 Å². The highest BCUT2D eigenvalue weighted by molar-refractivity contribution is 7.85. The Morgan fingerprint density at radius 1 is 0.878 bits per heavy atom. The van der Waals surface area contributed by atoms with Crippen LogP contribution in [0.5, 0.6) is 0 Å². The Morgan fingerprint density at radius 3 is 2.07 bits per heavy atom. The molecule has 41 heavy (non-hydrogen) atoms. The summed E-state index contributed by atoms with van der Waals surface area (Å²) in [5.41, 5.74) is 10.8. The molecule has 208 valence electrons. The molecular formula is C30H27N5O4S2. The lowest BCUT2D eigenvalue weighted by Crippen LogP contribution is -2.10. The molecule has 0 bridgehead atoms. The minimum absolute atomic E-state index is 0.0666. The minimum Gasteiger partial charge on any atom is -0.365 e. The zero-order chi connectivity index (χ0) is 29.4. The van der Waals surface area contributed by atoms with Crippen LogP contribution in [0.3, 0.4) is 0 Å². The first kappa shape index (κ1) is 29.3. The number of thiazole rings is 1. The smallest absolute Gasteiger partial charge is 0.294 e. The summed E-state index contributed by atoms with van der Waals surface area (Å²) in [7, 11) is -4.02. The van der Waals surface area contributed by atoms with Crippen molar-refractivity contribution in [1.82, 2.24) is 19.6 Å². The fourth-order valence-corrected chi connectivity index (χ4v) is 5.31. The van der Waals surface area contributed by atoms with E-state index in [9.17, 15) is 13.2 Å². The van der Waals surface area contributed by atoms with Crippen LogP contribution in [0.1, 0.15) is 20.9 Å². The molecular weight excluding hydrogens is 558 g/mol. The number of nitrogens with two attached hydrogens (primary N) is 1. The molecule has 0 spiro atoms. The third-order valence-electron chi connectivity index (χ3n) is 5.71. The van der Waals surface area contributed by atoms with Crippen LogP contribution in [0.15, 0.2) is 114 Å². The SMILES string of the molecule is Cc1ccc(S(=O)(=O)O)cc1.Cc1nn2ccccc2c1-c1nc(-c2ccccc2)c(C(N)=O)s1.c1ccncc1. The summed E-state index contributed by atoms with van der Waals surface area (Å²) < 4.78 is 31.4. The zero-order valence-corrected chi connectivity index (χ0v) is 23.9. The van der Waals surface area contributed by atoms with Gasteiger partial charge in [-0.05, 0) is 50.2 Å². The molecule has 3 N–H and O–H groups in total. The number of carbonyl (C=O) groups is 1. The van der Waals surface area contributed by atoms with Gasteiger partial charge in [-0.15, -0.1) is 11.3 Å². The van der Waals surface area contributed by atoms with Gasteiger partial charge < -0.3 is 5.73 Å². The molecule has 0 aliphatic carbocycles. The first-order chi connectivity index (χ1) is 19.6. The van der Waals surface area contributed by atoms with E-state index in [1.54, 1.807) is 24.5 Å². The highest BCUT2D eigenvalue weighted by Crippen LogP contribution is 2.36. The van der Waals surface area contributed by atoms with E-state index in [1.807, 2.05) is 91.3 Å². The number of carbonyl (C=O) groups excluding carboxylic acids is 1. The summed E-state index contributed by atoms with van der Waals surface area (Å²) in [5, 5.41) is 5.26. The predicted molar refractivity (Wildman–Crippen MR) is 160 cm³/mol. The Labute approximate surface area is 241 Å². The molecule has 2 aromatic carbocycles. The average Bonchev–Trinajstić information content (AvgIpc) is 3.55. The maximum absolute atomic E-state index is 11.9. The van der Waals surface area contributed by atoms with E-state index in [0.29, 0.717) is 10.6 Å². The van der Waals surface area contributed by atoms with Crippen LogP contribution in [0.2, 0.25) is 0 Å². The number of rotatable bonds is 4. The number of aryl methyl sites for hydroxylation is 2. The third-order valence-corrected chi connectivity index (χ3v) is 7.67. The van der Waals surface area contributed by atoms with Crippen LogP contribution < -0.4 is 5.73 Å². The lowest BCUT2D eigenvalue weighted by atomic mass is 10.1. The minimum atomic E-state index is -4.02. The number of primary amides is 1. The Balaban J connectivity index is 0.000000187. The molecule has 0 fully saturated rings. The Morgan fingerprint density at radius 2 is 1.51 bits per heavy atom. The summed E-state index contributed by atoms with van der Waals surface area (Å²) in [4.78, 5) is 20.8. The second kappa shape index (κ2) is 13.1. The molecule has 0 aliphatic rings. The fourth-order valence-electron chi connectivity index (χ4n) is 3.79. The van der Waals surface area contributed by atoms with Crippen LogP contribution in [-0.2, 0) is 10.1 Å². The molecule has 4 aromatic heterocycles. The number of hydrogen-bond donors (Lipinski definition) is 2. The van der Waals surface area contributed by atoms with Crippen molar-refractivity contribution in [2.45, 2.75) is 18.7 Å². The van der Waals surface area contributed by atoms with E-state index < -0.39 is 16.0 Å². The van der Waals surface area contributed by atoms with Crippen molar-refractivity contribution in [2.24, 2.45) is 5.73 Å². The number of fused-ring (bicyclic) bond motifs is 1. The fraction of sp³-hybridized carbons (Fsp3) is 0.0667. The van der Waals surface area contributed by atoms with Crippen molar-refractivity contribution in [2.75, 3.05) is 0 Å². The lowest BCUT2D eigenvalue weighted by molar-refractivity contribution is 0.100. The summed E-state index contributed by atoms with van der Waals surface area (Å²) in [6, 6.07) is 27.2. The van der Waals surface area contributed by atoms with Gasteiger partial charge in [0.15, 0.2) is 0 Å². The number of amides is 1. The standard InChI is InChI=1S/C18H14N4OS.C7H8O3S.C5H5N/c1-11-14(13-9-5-6-10-22(13)21-11)18-20-15(16(24-18)17(19)23)12-7-3-2-4-8-12;1-6-2-4-7(5-3-6)11(8,9)10;1-2-4-6-5-3-1/h2-10H,1H3,(H2,19,23);2-5H,1H3,(H,8,9,10);1-5H. The molecule has 11 heteroatoms. The Bertz CT molecular complexity index is 1830. The number of hydrogen-bond acceptors (Lipinski definition) is 7. The van der Waals surface area contributed by atoms with Gasteiger partial charge in [0, 0.05) is 24.2 Å². The third kappa shape index (κ3) is 7.48. The van der Waals surface area contributed by atoms with Crippen LogP contribution in [0, 0.1) is 13.8 Å². The Kier molecular flexibility index (Phi) is 9.35. The number of benzene rings is 2.